The van der Waals surface area contributed by atoms with Crippen molar-refractivity contribution < 1.29 is 14.6 Å². The Morgan fingerprint density at radius 1 is 1.04 bits per heavy atom. The molecule has 4 nitrogen and oxygen atoms in total. The fourth-order valence-corrected chi connectivity index (χ4v) is 2.50. The molecule has 0 bridgehead atoms. The fourth-order valence-electron chi connectivity index (χ4n) is 2.50. The van der Waals surface area contributed by atoms with E-state index >= 15 is 0 Å². The summed E-state index contributed by atoms with van der Waals surface area (Å²) in [4.78, 5) is 0. The van der Waals surface area contributed by atoms with Gasteiger partial charge in [-0.2, -0.15) is 0 Å². The molecule has 23 heavy (non-hydrogen) atoms. The molecule has 0 heterocycles. The van der Waals surface area contributed by atoms with E-state index in [1.807, 2.05) is 30.3 Å². The molecule has 0 spiro atoms. The van der Waals surface area contributed by atoms with Gasteiger partial charge >= 0.3 is 0 Å². The first-order chi connectivity index (χ1) is 11.1. The number of phenolic OH excluding ortho intramolecular Hbond substituents is 1. The molecule has 4 heteroatoms. The maximum atomic E-state index is 9.62. The number of hydrogen-bond acceptors (Lipinski definition) is 4. The van der Waals surface area contributed by atoms with E-state index in [4.69, 9.17) is 9.47 Å². The SMILES string of the molecule is COc1cc(CCC(C)NCc2ccccc2OC)ccc1O. The Hall–Kier alpha value is -2.20. The number of para-hydroxylation sites is 1. The van der Waals surface area contributed by atoms with Crippen LogP contribution < -0.4 is 14.8 Å². The second kappa shape index (κ2) is 8.44. The van der Waals surface area contributed by atoms with Gasteiger partial charge in [-0.25, -0.2) is 0 Å². The lowest BCUT2D eigenvalue weighted by Gasteiger charge is -2.15. The van der Waals surface area contributed by atoms with E-state index in [0.29, 0.717) is 11.8 Å². The van der Waals surface area contributed by atoms with Gasteiger partial charge in [-0.15, -0.1) is 0 Å². The molecule has 0 amide bonds. The normalized spacial score (nSPS) is 12.0. The first kappa shape index (κ1) is 17.2. The molecule has 1 unspecified atom stereocenters. The molecule has 124 valence electrons. The van der Waals surface area contributed by atoms with E-state index in [1.54, 1.807) is 20.3 Å². The van der Waals surface area contributed by atoms with E-state index < -0.39 is 0 Å². The van der Waals surface area contributed by atoms with Crippen LogP contribution in [-0.4, -0.2) is 25.4 Å². The predicted octanol–water partition coefficient (Wildman–Crippen LogP) is 3.52. The summed E-state index contributed by atoms with van der Waals surface area (Å²) in [6.07, 6.45) is 1.93. The van der Waals surface area contributed by atoms with Crippen molar-refractivity contribution >= 4 is 0 Å². The molecular formula is C19H25NO3. The lowest BCUT2D eigenvalue weighted by atomic mass is 10.1. The molecule has 0 saturated carbocycles. The van der Waals surface area contributed by atoms with Gasteiger partial charge in [0.05, 0.1) is 14.2 Å². The Bertz CT molecular complexity index is 628. The maximum absolute atomic E-state index is 9.62. The minimum atomic E-state index is 0.179. The molecule has 2 rings (SSSR count). The Balaban J connectivity index is 1.84. The molecule has 0 aliphatic heterocycles. The Morgan fingerprint density at radius 2 is 1.78 bits per heavy atom. The molecule has 1 atom stereocenters. The highest BCUT2D eigenvalue weighted by Crippen LogP contribution is 2.26. The molecule has 0 saturated heterocycles. The first-order valence-corrected chi connectivity index (χ1v) is 7.85. The van der Waals surface area contributed by atoms with Crippen LogP contribution in [0.1, 0.15) is 24.5 Å². The Morgan fingerprint density at radius 3 is 2.52 bits per heavy atom. The summed E-state index contributed by atoms with van der Waals surface area (Å²) in [6, 6.07) is 13.9. The number of benzene rings is 2. The first-order valence-electron chi connectivity index (χ1n) is 7.85. The molecule has 0 aliphatic carbocycles. The Kier molecular flexibility index (Phi) is 6.29. The minimum Gasteiger partial charge on any atom is -0.504 e. The number of phenols is 1. The van der Waals surface area contributed by atoms with E-state index in [9.17, 15) is 5.11 Å². The topological polar surface area (TPSA) is 50.7 Å². The van der Waals surface area contributed by atoms with Gasteiger partial charge in [-0.3, -0.25) is 0 Å². The van der Waals surface area contributed by atoms with Crippen molar-refractivity contribution in [3.05, 3.63) is 53.6 Å². The average molecular weight is 315 g/mol. The van der Waals surface area contributed by atoms with E-state index in [-0.39, 0.29) is 5.75 Å². The van der Waals surface area contributed by atoms with Crippen LogP contribution in [0.4, 0.5) is 0 Å². The van der Waals surface area contributed by atoms with Gasteiger partial charge in [0, 0.05) is 18.2 Å². The summed E-state index contributed by atoms with van der Waals surface area (Å²) in [5.41, 5.74) is 2.32. The number of aromatic hydroxyl groups is 1. The van der Waals surface area contributed by atoms with Crippen molar-refractivity contribution in [1.82, 2.24) is 5.32 Å². The van der Waals surface area contributed by atoms with Gasteiger partial charge in [0.15, 0.2) is 11.5 Å². The van der Waals surface area contributed by atoms with Crippen LogP contribution in [0.15, 0.2) is 42.5 Å². The number of aryl methyl sites for hydroxylation is 1. The molecule has 2 aromatic carbocycles. The van der Waals surface area contributed by atoms with Crippen LogP contribution >= 0.6 is 0 Å². The number of methoxy groups -OCH3 is 2. The van der Waals surface area contributed by atoms with Crippen molar-refractivity contribution in [3.63, 3.8) is 0 Å². The van der Waals surface area contributed by atoms with Gasteiger partial charge in [-0.05, 0) is 43.5 Å². The number of ether oxygens (including phenoxy) is 2. The summed E-state index contributed by atoms with van der Waals surface area (Å²) in [6.45, 7) is 2.96. The highest BCUT2D eigenvalue weighted by molar-refractivity contribution is 5.41. The molecule has 0 aliphatic rings. The zero-order valence-electron chi connectivity index (χ0n) is 14.0. The van der Waals surface area contributed by atoms with E-state index in [1.165, 1.54) is 0 Å². The minimum absolute atomic E-state index is 0.179. The van der Waals surface area contributed by atoms with Crippen LogP contribution in [0, 0.1) is 0 Å². The molecular weight excluding hydrogens is 290 g/mol. The van der Waals surface area contributed by atoms with Crippen LogP contribution in [0.25, 0.3) is 0 Å². The smallest absolute Gasteiger partial charge is 0.160 e. The monoisotopic (exact) mass is 315 g/mol. The van der Waals surface area contributed by atoms with E-state index in [2.05, 4.69) is 18.3 Å². The second-order valence-corrected chi connectivity index (χ2v) is 5.64. The number of hydrogen-bond donors (Lipinski definition) is 2. The highest BCUT2D eigenvalue weighted by Gasteiger charge is 2.07. The number of rotatable bonds is 8. The lowest BCUT2D eigenvalue weighted by molar-refractivity contribution is 0.372. The van der Waals surface area contributed by atoms with Gasteiger partial charge in [0.25, 0.3) is 0 Å². The third kappa shape index (κ3) is 4.89. The second-order valence-electron chi connectivity index (χ2n) is 5.64. The lowest BCUT2D eigenvalue weighted by Crippen LogP contribution is -2.26. The van der Waals surface area contributed by atoms with Crippen LogP contribution in [0.3, 0.4) is 0 Å². The Labute approximate surface area is 138 Å². The summed E-state index contributed by atoms with van der Waals surface area (Å²) in [5, 5.41) is 13.1. The summed E-state index contributed by atoms with van der Waals surface area (Å²) < 4.78 is 10.5. The van der Waals surface area contributed by atoms with Gasteiger partial charge in [0.2, 0.25) is 0 Å². The maximum Gasteiger partial charge on any atom is 0.160 e. The molecule has 2 aromatic rings. The standard InChI is InChI=1S/C19H25NO3/c1-14(20-13-16-6-4-5-7-18(16)22-2)8-9-15-10-11-17(21)19(12-15)23-3/h4-7,10-12,14,20-21H,8-9,13H2,1-3H3. The van der Waals surface area contributed by atoms with Crippen molar-refractivity contribution in [2.75, 3.05) is 14.2 Å². The predicted molar refractivity (Wildman–Crippen MR) is 92.3 cm³/mol. The average Bonchev–Trinajstić information content (AvgIpc) is 2.59. The molecule has 0 aromatic heterocycles. The van der Waals surface area contributed by atoms with Crippen molar-refractivity contribution in [1.29, 1.82) is 0 Å². The molecule has 0 fully saturated rings. The zero-order chi connectivity index (χ0) is 16.7. The van der Waals surface area contributed by atoms with Crippen LogP contribution in [0.2, 0.25) is 0 Å². The van der Waals surface area contributed by atoms with Gasteiger partial charge in [0.1, 0.15) is 5.75 Å². The summed E-state index contributed by atoms with van der Waals surface area (Å²) >= 11 is 0. The zero-order valence-corrected chi connectivity index (χ0v) is 14.0. The fraction of sp³-hybridized carbons (Fsp3) is 0.368. The van der Waals surface area contributed by atoms with Gasteiger partial charge < -0.3 is 19.9 Å². The van der Waals surface area contributed by atoms with Crippen molar-refractivity contribution in [3.8, 4) is 17.2 Å². The van der Waals surface area contributed by atoms with Crippen LogP contribution in [-0.2, 0) is 13.0 Å². The highest BCUT2D eigenvalue weighted by atomic mass is 16.5. The van der Waals surface area contributed by atoms with Crippen molar-refractivity contribution in [2.45, 2.75) is 32.4 Å². The van der Waals surface area contributed by atoms with Crippen molar-refractivity contribution in [2.24, 2.45) is 0 Å². The quantitative estimate of drug-likeness (QED) is 0.782. The number of nitrogens with one attached hydrogen (secondary N) is 1. The van der Waals surface area contributed by atoms with Gasteiger partial charge in [-0.1, -0.05) is 24.3 Å². The third-order valence-corrected chi connectivity index (χ3v) is 3.94. The largest absolute Gasteiger partial charge is 0.504 e. The molecule has 0 radical (unpaired) electrons. The van der Waals surface area contributed by atoms with Crippen LogP contribution in [0.5, 0.6) is 17.2 Å². The van der Waals surface area contributed by atoms with E-state index in [0.717, 1.165) is 36.3 Å². The molecule has 2 N–H and O–H groups in total. The third-order valence-electron chi connectivity index (χ3n) is 3.94. The summed E-state index contributed by atoms with van der Waals surface area (Å²) in [7, 11) is 3.26. The summed E-state index contributed by atoms with van der Waals surface area (Å²) in [5.74, 6) is 1.62.